The van der Waals surface area contributed by atoms with Crippen LogP contribution in [-0.2, 0) is 56.8 Å². The van der Waals surface area contributed by atoms with Crippen LogP contribution in [0.15, 0.2) is 0 Å². The van der Waals surface area contributed by atoms with E-state index in [0.717, 1.165) is 51.4 Å². The molecule has 0 aromatic rings. The molecule has 6 fully saturated rings. The largest absolute Gasteiger partial charge is 0.394 e. The van der Waals surface area contributed by atoms with Gasteiger partial charge < -0.3 is 159 Å². The monoisotopic (exact) mass is 1520 g/mol. The van der Waals surface area contributed by atoms with E-state index in [0.29, 0.717) is 12.8 Å². The summed E-state index contributed by atoms with van der Waals surface area (Å²) in [6, 6.07) is 0. The molecule has 0 aromatic carbocycles. The molecule has 30 atom stereocenters. The summed E-state index contributed by atoms with van der Waals surface area (Å²) in [7, 11) is 4.04. The van der Waals surface area contributed by atoms with Crippen molar-refractivity contribution in [3.63, 3.8) is 0 Å². The van der Waals surface area contributed by atoms with Gasteiger partial charge in [-0.1, -0.05) is 176 Å². The quantitative estimate of drug-likeness (QED) is 0.0236. The molecule has 0 unspecified atom stereocenters. The molecule has 0 aromatic heterocycles. The summed E-state index contributed by atoms with van der Waals surface area (Å²) in [5.41, 5.74) is 0. The standard InChI is InChI=1S/C68H126O32S2/c69-33-39-45(75)47(77)53(83)65(91-39)97-61-43(37-73)95-67(57(87)51(61)81)99-59-41(35-71)93-63(55(85)49(59)79)89-29-25-21-17-13-9-5-1-3-7-11-15-19-23-27-31-101-102-32-28-24-20-16-12-8-4-2-6-10-14-18-22-26-30-90-64-56(86)50(80)60(42(36-72)94-64)100-68-58(88)52(82)62(44(38-74)96-68)98-66-54(84)48(78)46(76)40(34-70)92-66/h39-88H,1-38H2/t39-,40-,41-,42-,43-,44-,45+,46+,47+,48+,49-,50-,51-,52-,53-,54-,55-,56-,57-,58-,59+,60+,61+,62+,63-,64-,65-,66-,67+,68+/m1/s1. The minimum atomic E-state index is -1.91. The topological polar surface area (TPSA) is 515 Å². The predicted octanol–water partition coefficient (Wildman–Crippen LogP) is -1.78. The lowest BCUT2D eigenvalue weighted by molar-refractivity contribution is -0.379. The van der Waals surface area contributed by atoms with Crippen LogP contribution in [-0.4, -0.2) is 351 Å². The zero-order valence-corrected chi connectivity index (χ0v) is 60.5. The second kappa shape index (κ2) is 49.6. The molecule has 602 valence electrons. The fourth-order valence-corrected chi connectivity index (χ4v) is 15.9. The summed E-state index contributed by atoms with van der Waals surface area (Å²) in [5.74, 6) is 2.44. The Hall–Kier alpha value is -0.580. The Morgan fingerprint density at radius 3 is 0.618 bits per heavy atom. The van der Waals surface area contributed by atoms with Crippen molar-refractivity contribution in [1.82, 2.24) is 0 Å². The summed E-state index contributed by atoms with van der Waals surface area (Å²) in [4.78, 5) is 0. The molecule has 0 bridgehead atoms. The summed E-state index contributed by atoms with van der Waals surface area (Å²) in [6.45, 7) is -4.02. The number of unbranched alkanes of at least 4 members (excludes halogenated alkanes) is 26. The van der Waals surface area contributed by atoms with Gasteiger partial charge >= 0.3 is 0 Å². The number of rotatable bonds is 51. The Balaban J connectivity index is 0.651. The number of aliphatic hydroxyl groups excluding tert-OH is 20. The average molecular weight is 1520 g/mol. The van der Waals surface area contributed by atoms with Gasteiger partial charge in [0.2, 0.25) is 0 Å². The van der Waals surface area contributed by atoms with Gasteiger partial charge in [-0.3, -0.25) is 0 Å². The summed E-state index contributed by atoms with van der Waals surface area (Å²) >= 11 is 0. The predicted molar refractivity (Wildman–Crippen MR) is 364 cm³/mol. The molecule has 0 spiro atoms. The number of ether oxygens (including phenoxy) is 12. The number of hydrogen-bond donors (Lipinski definition) is 20. The minimum absolute atomic E-state index is 0.235. The van der Waals surface area contributed by atoms with Crippen molar-refractivity contribution >= 4 is 21.6 Å². The highest BCUT2D eigenvalue weighted by Crippen LogP contribution is 2.36. The number of aliphatic hydroxyl groups is 20. The minimum Gasteiger partial charge on any atom is -0.394 e. The van der Waals surface area contributed by atoms with E-state index < -0.39 is 224 Å². The van der Waals surface area contributed by atoms with Crippen LogP contribution in [0.2, 0.25) is 0 Å². The van der Waals surface area contributed by atoms with E-state index in [-0.39, 0.29) is 13.2 Å². The van der Waals surface area contributed by atoms with E-state index in [1.165, 1.54) is 127 Å². The smallest absolute Gasteiger partial charge is 0.187 e. The molecule has 6 rings (SSSR count). The molecule has 34 heteroatoms. The van der Waals surface area contributed by atoms with Gasteiger partial charge in [0.25, 0.3) is 0 Å². The van der Waals surface area contributed by atoms with E-state index in [1.807, 2.05) is 21.6 Å². The van der Waals surface area contributed by atoms with Gasteiger partial charge in [0.1, 0.15) is 146 Å². The first-order valence-electron chi connectivity index (χ1n) is 37.5. The third-order valence-corrected chi connectivity index (χ3v) is 22.6. The normalized spacial score (nSPS) is 39.2. The lowest BCUT2D eigenvalue weighted by atomic mass is 9.96. The first-order valence-corrected chi connectivity index (χ1v) is 40.0. The van der Waals surface area contributed by atoms with Crippen molar-refractivity contribution in [2.45, 2.75) is 364 Å². The Kier molecular flexibility index (Phi) is 43.9. The van der Waals surface area contributed by atoms with Crippen molar-refractivity contribution in [1.29, 1.82) is 0 Å². The van der Waals surface area contributed by atoms with Crippen LogP contribution in [0.25, 0.3) is 0 Å². The lowest BCUT2D eigenvalue weighted by Crippen LogP contribution is -2.66. The second-order valence-corrected chi connectivity index (χ2v) is 30.6. The van der Waals surface area contributed by atoms with Crippen LogP contribution >= 0.6 is 21.6 Å². The molecule has 32 nitrogen and oxygen atoms in total. The Labute approximate surface area is 606 Å². The fourth-order valence-electron chi connectivity index (χ4n) is 13.6. The van der Waals surface area contributed by atoms with Crippen molar-refractivity contribution in [3.05, 3.63) is 0 Å². The van der Waals surface area contributed by atoms with Gasteiger partial charge in [-0.05, 0) is 25.7 Å². The van der Waals surface area contributed by atoms with Crippen LogP contribution in [0.3, 0.4) is 0 Å². The maximum Gasteiger partial charge on any atom is 0.187 e. The third kappa shape index (κ3) is 27.7. The van der Waals surface area contributed by atoms with E-state index in [9.17, 15) is 102 Å². The van der Waals surface area contributed by atoms with Crippen LogP contribution < -0.4 is 0 Å². The van der Waals surface area contributed by atoms with E-state index in [1.54, 1.807) is 0 Å². The molecule has 102 heavy (non-hydrogen) atoms. The SMILES string of the molecule is OC[C@H]1O[C@H](O[C@@H]2[C@H](O)[C@@H](O)[C@H](O[C@@H]3[C@H](O)[C@@H](O)[C@H](OCCCCCCCCCCCCCCCCSSCCCCCCCCCCCCCCCCO[C@@H]4O[C@H](CO)[C@H](O[C@@H]5O[C@H](CO)[C@H](O[C@H]6O[C@H](CO)[C@H](O)[C@H](O)[C@H]6O)[C@H](O)[C@H]5O)[C@H](O)[C@H]4O)O[C@@H]3CO)O[C@@H]2CO)[C@H](O)[C@@H](O)[C@H]1O. The fraction of sp³-hybridized carbons (Fsp3) is 1.00. The zero-order chi connectivity index (χ0) is 74.1. The average Bonchev–Trinajstić information content (AvgIpc) is 0.785. The van der Waals surface area contributed by atoms with Crippen molar-refractivity contribution in [3.8, 4) is 0 Å². The highest BCUT2D eigenvalue weighted by atomic mass is 33.1. The van der Waals surface area contributed by atoms with E-state index in [2.05, 4.69) is 0 Å². The highest BCUT2D eigenvalue weighted by molar-refractivity contribution is 8.76. The van der Waals surface area contributed by atoms with Gasteiger partial charge in [-0.25, -0.2) is 0 Å². The zero-order valence-electron chi connectivity index (χ0n) is 58.9. The van der Waals surface area contributed by atoms with Crippen LogP contribution in [0.5, 0.6) is 0 Å². The molecule has 6 aliphatic rings. The molecule has 0 aliphatic carbocycles. The van der Waals surface area contributed by atoms with E-state index >= 15 is 0 Å². The van der Waals surface area contributed by atoms with Crippen molar-refractivity contribution in [2.24, 2.45) is 0 Å². The molecular formula is C68H126O32S2. The first-order chi connectivity index (χ1) is 49.3. The first kappa shape index (κ1) is 90.3. The molecule has 0 saturated carbocycles. The molecule has 20 N–H and O–H groups in total. The number of hydrogen-bond acceptors (Lipinski definition) is 34. The Morgan fingerprint density at radius 2 is 0.382 bits per heavy atom. The molecule has 0 amide bonds. The lowest BCUT2D eigenvalue weighted by Gasteiger charge is -2.48. The Bertz CT molecular complexity index is 1980. The highest BCUT2D eigenvalue weighted by Gasteiger charge is 2.56. The molecule has 6 saturated heterocycles. The maximum atomic E-state index is 11.0. The van der Waals surface area contributed by atoms with Crippen LogP contribution in [0, 0.1) is 0 Å². The van der Waals surface area contributed by atoms with Gasteiger partial charge in [-0.15, -0.1) is 0 Å². The molecule has 0 radical (unpaired) electrons. The summed E-state index contributed by atoms with van der Waals surface area (Å²) in [5, 5.41) is 208. The maximum absolute atomic E-state index is 11.0. The van der Waals surface area contributed by atoms with Gasteiger partial charge in [0, 0.05) is 24.7 Å². The Morgan fingerprint density at radius 1 is 0.196 bits per heavy atom. The molecular weight excluding hydrogens is 1390 g/mol. The van der Waals surface area contributed by atoms with Crippen molar-refractivity contribution in [2.75, 3.05) is 64.4 Å². The van der Waals surface area contributed by atoms with Crippen LogP contribution in [0.1, 0.15) is 180 Å². The summed E-state index contributed by atoms with van der Waals surface area (Å²) < 4.78 is 67.6. The summed E-state index contributed by atoms with van der Waals surface area (Å²) in [6.07, 6.45) is -15.8. The van der Waals surface area contributed by atoms with Gasteiger partial charge in [0.15, 0.2) is 37.7 Å². The van der Waals surface area contributed by atoms with Gasteiger partial charge in [-0.2, -0.15) is 0 Å². The van der Waals surface area contributed by atoms with Crippen molar-refractivity contribution < 1.29 is 159 Å². The molecule has 6 aliphatic heterocycles. The van der Waals surface area contributed by atoms with Gasteiger partial charge in [0.05, 0.1) is 39.6 Å². The molecule has 6 heterocycles. The third-order valence-electron chi connectivity index (χ3n) is 20.0. The van der Waals surface area contributed by atoms with Crippen LogP contribution in [0.4, 0.5) is 0 Å². The second-order valence-electron chi connectivity index (χ2n) is 27.9. The van der Waals surface area contributed by atoms with E-state index in [4.69, 9.17) is 56.8 Å².